The Kier molecular flexibility index (Phi) is 5.40. The number of aromatic nitrogens is 2. The van der Waals surface area contributed by atoms with Crippen LogP contribution in [-0.4, -0.2) is 51.9 Å². The van der Waals surface area contributed by atoms with E-state index in [2.05, 4.69) is 32.1 Å². The van der Waals surface area contributed by atoms with Crippen LogP contribution in [0.2, 0.25) is 0 Å². The first kappa shape index (κ1) is 19.7. The Balaban J connectivity index is 1.38. The molecule has 1 fully saturated rings. The lowest BCUT2D eigenvalue weighted by Gasteiger charge is -2.38. The van der Waals surface area contributed by atoms with Crippen LogP contribution in [0.5, 0.6) is 0 Å². The normalized spacial score (nSPS) is 16.5. The number of para-hydroxylation sites is 1. The van der Waals surface area contributed by atoms with E-state index in [0.717, 1.165) is 66.2 Å². The van der Waals surface area contributed by atoms with Crippen molar-refractivity contribution in [3.63, 3.8) is 0 Å². The molecule has 4 aromatic rings. The molecule has 31 heavy (non-hydrogen) atoms. The van der Waals surface area contributed by atoms with Crippen molar-refractivity contribution in [3.05, 3.63) is 89.4 Å². The van der Waals surface area contributed by atoms with Crippen molar-refractivity contribution < 1.29 is 9.32 Å². The van der Waals surface area contributed by atoms with Crippen molar-refractivity contribution in [2.75, 3.05) is 26.2 Å². The van der Waals surface area contributed by atoms with Gasteiger partial charge in [-0.2, -0.15) is 0 Å². The van der Waals surface area contributed by atoms with Gasteiger partial charge in [0.25, 0.3) is 0 Å². The smallest absolute Gasteiger partial charge is 0.186 e. The molecule has 0 radical (unpaired) electrons. The highest BCUT2D eigenvalue weighted by Crippen LogP contribution is 2.30. The van der Waals surface area contributed by atoms with Crippen molar-refractivity contribution >= 4 is 16.7 Å². The molecule has 3 heterocycles. The van der Waals surface area contributed by atoms with Crippen LogP contribution in [0, 0.1) is 6.92 Å². The zero-order valence-electron chi connectivity index (χ0n) is 17.6. The molecule has 1 aliphatic heterocycles. The maximum absolute atomic E-state index is 13.8. The number of hydrogen-bond donors (Lipinski definition) is 1. The number of fused-ring (bicyclic) bond motifs is 1. The maximum Gasteiger partial charge on any atom is 0.186 e. The zero-order valence-corrected chi connectivity index (χ0v) is 17.6. The fourth-order valence-electron chi connectivity index (χ4n) is 4.49. The van der Waals surface area contributed by atoms with Gasteiger partial charge in [0.2, 0.25) is 0 Å². The number of rotatable bonds is 6. The van der Waals surface area contributed by atoms with Crippen molar-refractivity contribution in [3.8, 4) is 0 Å². The van der Waals surface area contributed by atoms with Crippen molar-refractivity contribution in [2.24, 2.45) is 0 Å². The Morgan fingerprint density at radius 2 is 1.81 bits per heavy atom. The lowest BCUT2D eigenvalue weighted by Crippen LogP contribution is -2.48. The van der Waals surface area contributed by atoms with Crippen molar-refractivity contribution in [1.82, 2.24) is 19.9 Å². The predicted octanol–water partition coefficient (Wildman–Crippen LogP) is 4.21. The Labute approximate surface area is 181 Å². The summed E-state index contributed by atoms with van der Waals surface area (Å²) in [6, 6.07) is 19.8. The zero-order chi connectivity index (χ0) is 21.2. The molecule has 0 aliphatic carbocycles. The summed E-state index contributed by atoms with van der Waals surface area (Å²) in [6.07, 6.45) is 1.85. The lowest BCUT2D eigenvalue weighted by atomic mass is 9.95. The number of nitrogens with zero attached hydrogens (tertiary/aromatic N) is 3. The first-order valence-electron chi connectivity index (χ1n) is 10.7. The number of Topliss-reactive ketones (excluding diaryl/α,β-unsaturated/α-hetero) is 1. The van der Waals surface area contributed by atoms with E-state index in [1.54, 1.807) is 0 Å². The van der Waals surface area contributed by atoms with Crippen LogP contribution in [0.3, 0.4) is 0 Å². The third-order valence-corrected chi connectivity index (χ3v) is 6.05. The van der Waals surface area contributed by atoms with Gasteiger partial charge in [-0.15, -0.1) is 0 Å². The molecular weight excluding hydrogens is 388 g/mol. The highest BCUT2D eigenvalue weighted by atomic mass is 16.5. The van der Waals surface area contributed by atoms with Crippen LogP contribution < -0.4 is 0 Å². The summed E-state index contributed by atoms with van der Waals surface area (Å²) in [7, 11) is 0. The van der Waals surface area contributed by atoms with E-state index in [-0.39, 0.29) is 11.8 Å². The van der Waals surface area contributed by atoms with E-state index >= 15 is 0 Å². The second-order valence-corrected chi connectivity index (χ2v) is 8.17. The minimum atomic E-state index is -0.295. The molecule has 1 atom stereocenters. The van der Waals surface area contributed by atoms with Crippen molar-refractivity contribution in [1.29, 1.82) is 0 Å². The van der Waals surface area contributed by atoms with E-state index in [4.69, 9.17) is 4.52 Å². The summed E-state index contributed by atoms with van der Waals surface area (Å²) in [5, 5.41) is 5.09. The van der Waals surface area contributed by atoms with Crippen LogP contribution in [0.15, 0.2) is 71.4 Å². The second kappa shape index (κ2) is 8.49. The van der Waals surface area contributed by atoms with Crippen LogP contribution in [0.4, 0.5) is 0 Å². The van der Waals surface area contributed by atoms with Gasteiger partial charge in [-0.05, 0) is 18.6 Å². The molecule has 6 nitrogen and oxygen atoms in total. The van der Waals surface area contributed by atoms with Gasteiger partial charge in [0.15, 0.2) is 5.78 Å². The molecule has 5 rings (SSSR count). The average molecular weight is 415 g/mol. The molecule has 2 aromatic carbocycles. The van der Waals surface area contributed by atoms with E-state index in [1.807, 2.05) is 61.7 Å². The molecule has 0 amide bonds. The Morgan fingerprint density at radius 1 is 1.06 bits per heavy atom. The topological polar surface area (TPSA) is 65.4 Å². The molecular formula is C25H26N4O2. The molecule has 0 saturated carbocycles. The van der Waals surface area contributed by atoms with Gasteiger partial charge in [-0.3, -0.25) is 14.6 Å². The summed E-state index contributed by atoms with van der Waals surface area (Å²) >= 11 is 0. The number of carbonyl (C=O) groups is 1. The SMILES string of the molecule is Cc1cc(CN2CCN(C(C(=O)c3c[nH]c4ccccc34)c3ccccc3)CC2)no1. The van der Waals surface area contributed by atoms with E-state index in [9.17, 15) is 4.79 Å². The molecule has 1 saturated heterocycles. The number of benzene rings is 2. The predicted molar refractivity (Wildman–Crippen MR) is 120 cm³/mol. The highest BCUT2D eigenvalue weighted by Gasteiger charge is 2.32. The largest absolute Gasteiger partial charge is 0.361 e. The molecule has 1 unspecified atom stereocenters. The molecule has 1 aliphatic rings. The summed E-state index contributed by atoms with van der Waals surface area (Å²) in [5.41, 5.74) is 3.74. The third-order valence-electron chi connectivity index (χ3n) is 6.05. The van der Waals surface area contributed by atoms with Crippen LogP contribution in [-0.2, 0) is 6.54 Å². The number of aryl methyl sites for hydroxylation is 1. The second-order valence-electron chi connectivity index (χ2n) is 8.17. The Bertz CT molecular complexity index is 1170. The number of ketones is 1. The first-order valence-corrected chi connectivity index (χ1v) is 10.7. The van der Waals surface area contributed by atoms with Crippen LogP contribution in [0.25, 0.3) is 10.9 Å². The van der Waals surface area contributed by atoms with Gasteiger partial charge >= 0.3 is 0 Å². The molecule has 158 valence electrons. The van der Waals surface area contributed by atoms with Gasteiger partial charge in [-0.1, -0.05) is 53.7 Å². The van der Waals surface area contributed by atoms with E-state index in [0.29, 0.717) is 0 Å². The number of hydrogen-bond acceptors (Lipinski definition) is 5. The standard InChI is InChI=1S/C25H26N4O2/c1-18-15-20(27-31-18)17-28-11-13-29(14-12-28)24(19-7-3-2-4-8-19)25(30)22-16-26-23-10-6-5-9-21(22)23/h2-10,15-16,24,26H,11-14,17H2,1H3. The third kappa shape index (κ3) is 4.04. The lowest BCUT2D eigenvalue weighted by molar-refractivity contribution is 0.0647. The van der Waals surface area contributed by atoms with Crippen LogP contribution >= 0.6 is 0 Å². The van der Waals surface area contributed by atoms with E-state index < -0.39 is 0 Å². The quantitative estimate of drug-likeness (QED) is 0.479. The van der Waals surface area contributed by atoms with E-state index in [1.165, 1.54) is 0 Å². The number of aromatic amines is 1. The highest BCUT2D eigenvalue weighted by molar-refractivity contribution is 6.10. The van der Waals surface area contributed by atoms with Gasteiger partial charge in [0, 0.05) is 61.5 Å². The summed E-state index contributed by atoms with van der Waals surface area (Å²) in [6.45, 7) is 6.11. The van der Waals surface area contributed by atoms with Gasteiger partial charge in [-0.25, -0.2) is 0 Å². The van der Waals surface area contributed by atoms with Gasteiger partial charge in [0.1, 0.15) is 5.76 Å². The van der Waals surface area contributed by atoms with Crippen LogP contribution in [0.1, 0.15) is 33.4 Å². The number of nitrogens with one attached hydrogen (secondary N) is 1. The summed E-state index contributed by atoms with van der Waals surface area (Å²) in [5.74, 6) is 0.978. The molecule has 2 aromatic heterocycles. The molecule has 6 heteroatoms. The minimum absolute atomic E-state index is 0.143. The number of H-pyrrole nitrogens is 1. The molecule has 0 bridgehead atoms. The molecule has 1 N–H and O–H groups in total. The average Bonchev–Trinajstić information content (AvgIpc) is 3.42. The Hall–Kier alpha value is -3.22. The van der Waals surface area contributed by atoms with Gasteiger partial charge < -0.3 is 9.51 Å². The monoisotopic (exact) mass is 414 g/mol. The first-order chi connectivity index (χ1) is 15.2. The molecule has 0 spiro atoms. The van der Waals surface area contributed by atoms with Crippen molar-refractivity contribution in [2.45, 2.75) is 19.5 Å². The number of piperazine rings is 1. The minimum Gasteiger partial charge on any atom is -0.361 e. The summed E-state index contributed by atoms with van der Waals surface area (Å²) in [4.78, 5) is 21.7. The van der Waals surface area contributed by atoms with Gasteiger partial charge in [0.05, 0.1) is 11.7 Å². The Morgan fingerprint density at radius 3 is 2.55 bits per heavy atom. The number of carbonyl (C=O) groups excluding carboxylic acids is 1. The fraction of sp³-hybridized carbons (Fsp3) is 0.280. The fourth-order valence-corrected chi connectivity index (χ4v) is 4.49. The summed E-state index contributed by atoms with van der Waals surface area (Å²) < 4.78 is 5.20. The maximum atomic E-state index is 13.8.